The van der Waals surface area contributed by atoms with Crippen LogP contribution in [0, 0.1) is 10.1 Å². The molecule has 3 rings (SSSR count). The molecule has 0 radical (unpaired) electrons. The van der Waals surface area contributed by atoms with Crippen LogP contribution in [0.1, 0.15) is 43.6 Å². The Hall–Kier alpha value is -3.09. The number of nitrogens with one attached hydrogen (secondary N) is 1. The SMILES string of the molecule is CCNc1cc(N2CCN(C(=O)c3ccc(C(C)(C)C)cc3)CC2)ccc1[N+](=O)[O-]. The highest BCUT2D eigenvalue weighted by molar-refractivity contribution is 5.94. The second-order valence-corrected chi connectivity index (χ2v) is 8.60. The molecule has 160 valence electrons. The molecule has 1 fully saturated rings. The summed E-state index contributed by atoms with van der Waals surface area (Å²) in [4.78, 5) is 27.8. The molecule has 0 atom stereocenters. The summed E-state index contributed by atoms with van der Waals surface area (Å²) in [7, 11) is 0. The molecule has 7 heteroatoms. The number of piperazine rings is 1. The fourth-order valence-corrected chi connectivity index (χ4v) is 3.68. The minimum atomic E-state index is -0.372. The van der Waals surface area contributed by atoms with Crippen LogP contribution in [0.3, 0.4) is 0 Å². The van der Waals surface area contributed by atoms with Crippen molar-refractivity contribution >= 4 is 23.0 Å². The molecule has 1 amide bonds. The van der Waals surface area contributed by atoms with Crippen molar-refractivity contribution in [1.82, 2.24) is 4.90 Å². The first-order chi connectivity index (χ1) is 14.2. The van der Waals surface area contributed by atoms with Gasteiger partial charge in [-0.2, -0.15) is 0 Å². The van der Waals surface area contributed by atoms with Gasteiger partial charge in [-0.15, -0.1) is 0 Å². The topological polar surface area (TPSA) is 78.7 Å². The first kappa shape index (κ1) is 21.6. The number of carbonyl (C=O) groups excluding carboxylic acids is 1. The average Bonchev–Trinajstić information content (AvgIpc) is 2.73. The Morgan fingerprint density at radius 2 is 1.70 bits per heavy atom. The van der Waals surface area contributed by atoms with Crippen LogP contribution in [-0.2, 0) is 5.41 Å². The Labute approximate surface area is 177 Å². The number of nitro benzene ring substituents is 1. The Kier molecular flexibility index (Phi) is 6.29. The Morgan fingerprint density at radius 1 is 1.07 bits per heavy atom. The predicted octanol–water partition coefficient (Wildman–Crippen LogP) is 4.29. The van der Waals surface area contributed by atoms with E-state index in [9.17, 15) is 14.9 Å². The molecule has 7 nitrogen and oxygen atoms in total. The van der Waals surface area contributed by atoms with E-state index in [4.69, 9.17) is 0 Å². The van der Waals surface area contributed by atoms with E-state index in [0.29, 0.717) is 44.0 Å². The maximum atomic E-state index is 12.9. The zero-order valence-corrected chi connectivity index (χ0v) is 18.1. The minimum Gasteiger partial charge on any atom is -0.380 e. The monoisotopic (exact) mass is 410 g/mol. The highest BCUT2D eigenvalue weighted by Gasteiger charge is 2.24. The molecule has 1 heterocycles. The van der Waals surface area contributed by atoms with Crippen LogP contribution in [-0.4, -0.2) is 48.5 Å². The van der Waals surface area contributed by atoms with Crippen LogP contribution < -0.4 is 10.2 Å². The fourth-order valence-electron chi connectivity index (χ4n) is 3.68. The summed E-state index contributed by atoms with van der Waals surface area (Å²) in [5.74, 6) is 0.0483. The zero-order chi connectivity index (χ0) is 21.9. The van der Waals surface area contributed by atoms with Crippen molar-refractivity contribution in [2.24, 2.45) is 0 Å². The Balaban J connectivity index is 1.66. The molecule has 2 aromatic carbocycles. The van der Waals surface area contributed by atoms with Crippen molar-refractivity contribution in [2.75, 3.05) is 42.9 Å². The smallest absolute Gasteiger partial charge is 0.292 e. The van der Waals surface area contributed by atoms with E-state index >= 15 is 0 Å². The third kappa shape index (κ3) is 4.72. The van der Waals surface area contributed by atoms with Crippen molar-refractivity contribution in [2.45, 2.75) is 33.1 Å². The summed E-state index contributed by atoms with van der Waals surface area (Å²) < 4.78 is 0. The highest BCUT2D eigenvalue weighted by Crippen LogP contribution is 2.30. The summed E-state index contributed by atoms with van der Waals surface area (Å²) in [6.45, 7) is 11.6. The molecule has 0 spiro atoms. The summed E-state index contributed by atoms with van der Waals surface area (Å²) >= 11 is 0. The van der Waals surface area contributed by atoms with E-state index < -0.39 is 0 Å². The van der Waals surface area contributed by atoms with E-state index in [2.05, 4.69) is 31.0 Å². The number of hydrogen-bond donors (Lipinski definition) is 1. The molecule has 1 aliphatic rings. The number of nitro groups is 1. The number of hydrogen-bond acceptors (Lipinski definition) is 5. The molecular formula is C23H30N4O3. The summed E-state index contributed by atoms with van der Waals surface area (Å²) in [5, 5.41) is 14.3. The van der Waals surface area contributed by atoms with Gasteiger partial charge in [0, 0.05) is 50.0 Å². The van der Waals surface area contributed by atoms with Gasteiger partial charge in [-0.3, -0.25) is 14.9 Å². The van der Waals surface area contributed by atoms with Crippen LogP contribution in [0.2, 0.25) is 0 Å². The number of amides is 1. The van der Waals surface area contributed by atoms with Gasteiger partial charge in [0.25, 0.3) is 11.6 Å². The van der Waals surface area contributed by atoms with Gasteiger partial charge >= 0.3 is 0 Å². The molecule has 2 aromatic rings. The maximum Gasteiger partial charge on any atom is 0.292 e. The second-order valence-electron chi connectivity index (χ2n) is 8.60. The number of carbonyl (C=O) groups is 1. The molecule has 0 unspecified atom stereocenters. The van der Waals surface area contributed by atoms with E-state index in [0.717, 1.165) is 5.69 Å². The standard InChI is InChI=1S/C23H30N4O3/c1-5-24-20-16-19(10-11-21(20)27(29)30)25-12-14-26(15-13-25)22(28)17-6-8-18(9-7-17)23(2,3)4/h6-11,16,24H,5,12-15H2,1-4H3. The summed E-state index contributed by atoms with van der Waals surface area (Å²) in [5.41, 5.74) is 3.51. The largest absolute Gasteiger partial charge is 0.380 e. The van der Waals surface area contributed by atoms with Crippen LogP contribution in [0.5, 0.6) is 0 Å². The van der Waals surface area contributed by atoms with Crippen LogP contribution in [0.15, 0.2) is 42.5 Å². The highest BCUT2D eigenvalue weighted by atomic mass is 16.6. The van der Waals surface area contributed by atoms with Crippen LogP contribution in [0.25, 0.3) is 0 Å². The molecule has 1 N–H and O–H groups in total. The Bertz CT molecular complexity index is 911. The zero-order valence-electron chi connectivity index (χ0n) is 18.1. The normalized spacial score (nSPS) is 14.5. The van der Waals surface area contributed by atoms with E-state index in [1.165, 1.54) is 5.56 Å². The lowest BCUT2D eigenvalue weighted by Crippen LogP contribution is -2.48. The third-order valence-corrected chi connectivity index (χ3v) is 5.47. The maximum absolute atomic E-state index is 12.9. The van der Waals surface area contributed by atoms with Gasteiger partial charge in [-0.05, 0) is 42.2 Å². The van der Waals surface area contributed by atoms with Gasteiger partial charge in [-0.25, -0.2) is 0 Å². The lowest BCUT2D eigenvalue weighted by molar-refractivity contribution is -0.383. The average molecular weight is 411 g/mol. The Morgan fingerprint density at radius 3 is 2.23 bits per heavy atom. The van der Waals surface area contributed by atoms with Gasteiger partial charge in [0.2, 0.25) is 0 Å². The summed E-state index contributed by atoms with van der Waals surface area (Å²) in [6, 6.07) is 13.0. The van der Waals surface area contributed by atoms with Crippen LogP contribution in [0.4, 0.5) is 17.1 Å². The molecular weight excluding hydrogens is 380 g/mol. The van der Waals surface area contributed by atoms with Gasteiger partial charge in [0.1, 0.15) is 5.69 Å². The van der Waals surface area contributed by atoms with Crippen molar-refractivity contribution in [3.05, 3.63) is 63.7 Å². The molecule has 0 saturated carbocycles. The van der Waals surface area contributed by atoms with Crippen LogP contribution >= 0.6 is 0 Å². The summed E-state index contributed by atoms with van der Waals surface area (Å²) in [6.07, 6.45) is 0. The van der Waals surface area contributed by atoms with Crippen molar-refractivity contribution in [1.29, 1.82) is 0 Å². The van der Waals surface area contributed by atoms with Gasteiger partial charge in [-0.1, -0.05) is 32.9 Å². The number of nitrogens with zero attached hydrogens (tertiary/aromatic N) is 3. The number of benzene rings is 2. The van der Waals surface area contributed by atoms with Crippen molar-refractivity contribution in [3.8, 4) is 0 Å². The predicted molar refractivity (Wildman–Crippen MR) is 121 cm³/mol. The van der Waals surface area contributed by atoms with Crippen molar-refractivity contribution < 1.29 is 9.72 Å². The first-order valence-corrected chi connectivity index (χ1v) is 10.4. The lowest BCUT2D eigenvalue weighted by Gasteiger charge is -2.36. The molecule has 1 aliphatic heterocycles. The lowest BCUT2D eigenvalue weighted by atomic mass is 9.86. The quantitative estimate of drug-likeness (QED) is 0.588. The fraction of sp³-hybridized carbons (Fsp3) is 0.435. The number of rotatable bonds is 5. The number of anilines is 2. The molecule has 0 bridgehead atoms. The van der Waals surface area contributed by atoms with E-state index in [-0.39, 0.29) is 21.9 Å². The minimum absolute atomic E-state index is 0.0483. The molecule has 1 saturated heterocycles. The van der Waals surface area contributed by atoms with E-state index in [1.807, 2.05) is 42.2 Å². The third-order valence-electron chi connectivity index (χ3n) is 5.47. The molecule has 0 aliphatic carbocycles. The van der Waals surface area contributed by atoms with Gasteiger partial charge < -0.3 is 15.1 Å². The van der Waals surface area contributed by atoms with E-state index in [1.54, 1.807) is 12.1 Å². The second kappa shape index (κ2) is 8.73. The molecule has 30 heavy (non-hydrogen) atoms. The van der Waals surface area contributed by atoms with Gasteiger partial charge in [0.15, 0.2) is 0 Å². The first-order valence-electron chi connectivity index (χ1n) is 10.4. The van der Waals surface area contributed by atoms with Crippen molar-refractivity contribution in [3.63, 3.8) is 0 Å². The van der Waals surface area contributed by atoms with Gasteiger partial charge in [0.05, 0.1) is 4.92 Å². The molecule has 0 aromatic heterocycles.